The van der Waals surface area contributed by atoms with Gasteiger partial charge >= 0.3 is 12.0 Å². The molecular formula is C24H8Cl8S4Si2. The van der Waals surface area contributed by atoms with Gasteiger partial charge in [0.2, 0.25) is 0 Å². The van der Waals surface area contributed by atoms with E-state index in [0.717, 1.165) is 58.8 Å². The van der Waals surface area contributed by atoms with E-state index in [4.69, 9.17) is 140 Å². The Kier molecular flexibility index (Phi) is 6.44. The lowest BCUT2D eigenvalue weighted by atomic mass is 9.82. The van der Waals surface area contributed by atoms with Gasteiger partial charge in [-0.15, -0.1) is 117 Å². The molecule has 0 spiro atoms. The predicted octanol–water partition coefficient (Wildman–Crippen LogP) is 11.1. The first kappa shape index (κ1) is 27.8. The molecule has 38 heavy (non-hydrogen) atoms. The molecule has 7 aromatic rings. The normalized spacial score (nSPS) is 13.8. The zero-order chi connectivity index (χ0) is 27.4. The Morgan fingerprint density at radius 1 is 0.421 bits per heavy atom. The molecular weight excluding hydrogens is 756 g/mol. The Balaban J connectivity index is 2.08. The lowest BCUT2D eigenvalue weighted by molar-refractivity contribution is 1.30. The molecule has 0 nitrogen and oxygen atoms in total. The van der Waals surface area contributed by atoms with Crippen LogP contribution in [-0.2, 0) is 0 Å². The van der Waals surface area contributed by atoms with Crippen molar-refractivity contribution in [1.82, 2.24) is 0 Å². The molecule has 7 rings (SSSR count). The summed E-state index contributed by atoms with van der Waals surface area (Å²) in [5.41, 5.74) is 0. The highest BCUT2D eigenvalue weighted by Gasteiger charge is 2.45. The molecule has 0 aromatic heterocycles. The minimum atomic E-state index is -3.78. The highest BCUT2D eigenvalue weighted by Crippen LogP contribution is 2.56. The third-order valence-corrected chi connectivity index (χ3v) is 16.1. The molecule has 0 saturated carbocycles. The minimum Gasteiger partial charge on any atom is -0.142 e. The lowest BCUT2D eigenvalue weighted by Gasteiger charge is -2.30. The van der Waals surface area contributed by atoms with E-state index >= 15 is 0 Å². The van der Waals surface area contributed by atoms with E-state index in [9.17, 15) is 0 Å². The molecule has 14 heteroatoms. The molecule has 0 amide bonds. The van der Waals surface area contributed by atoms with Crippen LogP contribution in [0.5, 0.6) is 0 Å². The van der Waals surface area contributed by atoms with E-state index < -0.39 is 12.0 Å². The average molecular weight is 764 g/mol. The third kappa shape index (κ3) is 3.39. The van der Waals surface area contributed by atoms with Crippen molar-refractivity contribution in [2.75, 3.05) is 0 Å². The summed E-state index contributed by atoms with van der Waals surface area (Å²) in [6.07, 6.45) is 0. The second-order valence-corrected chi connectivity index (χ2v) is 28.3. The Morgan fingerprint density at radius 3 is 1.47 bits per heavy atom. The molecule has 0 radical (unpaired) electrons. The van der Waals surface area contributed by atoms with Crippen LogP contribution in [0.2, 0.25) is 10.0 Å². The standard InChI is InChI=1S/C24H8Cl8S4Si2/c25-17-6-3-1-5-2-4-7-10-8(5)9(6)11-13-12(10)15(20(34)19(7)33)21(35)22(36)16(13)24(38(30,31)32)23(37(27,28)29)14(11)18(17)26/h1-4,33-36H. The summed E-state index contributed by atoms with van der Waals surface area (Å²) >= 11 is 74.5. The maximum Gasteiger partial charge on any atom is 0.373 e. The van der Waals surface area contributed by atoms with Gasteiger partial charge in [0.25, 0.3) is 0 Å². The van der Waals surface area contributed by atoms with Crippen LogP contribution in [-0.4, -0.2) is 12.0 Å². The van der Waals surface area contributed by atoms with E-state index in [1.54, 1.807) is 0 Å². The van der Waals surface area contributed by atoms with E-state index in [1.807, 2.05) is 24.3 Å². The van der Waals surface area contributed by atoms with Gasteiger partial charge in [-0.2, -0.15) is 0 Å². The summed E-state index contributed by atoms with van der Waals surface area (Å²) in [7, 11) is 0. The van der Waals surface area contributed by atoms with Gasteiger partial charge < -0.3 is 0 Å². The van der Waals surface area contributed by atoms with Crippen molar-refractivity contribution in [3.05, 3.63) is 34.3 Å². The Hall–Kier alpha value is 1.03. The summed E-state index contributed by atoms with van der Waals surface area (Å²) in [5.74, 6) is 0. The zero-order valence-corrected chi connectivity index (χ0v) is 29.7. The summed E-state index contributed by atoms with van der Waals surface area (Å²) < 4.78 is 0. The Labute approximate surface area is 277 Å². The van der Waals surface area contributed by atoms with Gasteiger partial charge in [0.15, 0.2) is 0 Å². The van der Waals surface area contributed by atoms with Crippen LogP contribution in [0.4, 0.5) is 0 Å². The smallest absolute Gasteiger partial charge is 0.142 e. The molecule has 0 aliphatic rings. The highest BCUT2D eigenvalue weighted by atomic mass is 35.8. The van der Waals surface area contributed by atoms with Crippen molar-refractivity contribution in [2.45, 2.75) is 19.6 Å². The van der Waals surface area contributed by atoms with E-state index in [2.05, 4.69) is 0 Å². The molecule has 0 unspecified atom stereocenters. The quantitative estimate of drug-likeness (QED) is 0.0435. The van der Waals surface area contributed by atoms with Crippen LogP contribution in [0.3, 0.4) is 0 Å². The molecule has 0 heterocycles. The van der Waals surface area contributed by atoms with Gasteiger partial charge in [-0.3, -0.25) is 0 Å². The topological polar surface area (TPSA) is 0 Å². The van der Waals surface area contributed by atoms with Crippen LogP contribution >= 0.6 is 140 Å². The number of hydrogen-bond donors (Lipinski definition) is 4. The summed E-state index contributed by atoms with van der Waals surface area (Å²) in [6, 6.07) is 0.516. The van der Waals surface area contributed by atoms with E-state index in [-0.39, 0.29) is 5.02 Å². The SMILES string of the molecule is Sc1c(S)c2c(S)c(S)c3c([Si](Cl)(Cl)Cl)c([Si](Cl)(Cl)Cl)c4c(Cl)c(Cl)c5ccc6ccc1c1c6c5c4c3c21. The minimum absolute atomic E-state index is 0.241. The zero-order valence-electron chi connectivity index (χ0n) is 18.1. The lowest BCUT2D eigenvalue weighted by Crippen LogP contribution is -2.51. The van der Waals surface area contributed by atoms with Crippen molar-refractivity contribution in [3.8, 4) is 0 Å². The fraction of sp³-hybridized carbons (Fsp3) is 0. The number of hydrogen-bond acceptors (Lipinski definition) is 4. The van der Waals surface area contributed by atoms with Gasteiger partial charge in [0.05, 0.1) is 10.0 Å². The second-order valence-electron chi connectivity index (χ2n) is 9.09. The molecule has 7 aromatic carbocycles. The maximum absolute atomic E-state index is 7.04. The number of halogens is 8. The Bertz CT molecular complexity index is 2170. The van der Waals surface area contributed by atoms with E-state index in [1.165, 1.54) is 0 Å². The van der Waals surface area contributed by atoms with Crippen molar-refractivity contribution >= 4 is 227 Å². The van der Waals surface area contributed by atoms with Gasteiger partial charge in [-0.1, -0.05) is 47.5 Å². The molecule has 0 fully saturated rings. The molecule has 0 N–H and O–H groups in total. The van der Waals surface area contributed by atoms with Gasteiger partial charge in [-0.05, 0) is 37.3 Å². The second kappa shape index (κ2) is 8.79. The fourth-order valence-corrected chi connectivity index (χ4v) is 16.0. The average Bonchev–Trinajstić information content (AvgIpc) is 2.84. The molecule has 0 aliphatic carbocycles. The summed E-state index contributed by atoms with van der Waals surface area (Å²) in [5, 5.41) is 11.1. The molecule has 0 saturated heterocycles. The van der Waals surface area contributed by atoms with Crippen molar-refractivity contribution < 1.29 is 0 Å². The molecule has 0 bridgehead atoms. The van der Waals surface area contributed by atoms with Gasteiger partial charge in [0.1, 0.15) is 0 Å². The maximum atomic E-state index is 7.04. The number of rotatable bonds is 2. The first-order valence-electron chi connectivity index (χ1n) is 10.7. The monoisotopic (exact) mass is 760 g/mol. The van der Waals surface area contributed by atoms with Crippen LogP contribution in [0.15, 0.2) is 43.8 Å². The van der Waals surface area contributed by atoms with Gasteiger partial charge in [0, 0.05) is 57.3 Å². The highest BCUT2D eigenvalue weighted by molar-refractivity contribution is 7.85. The van der Waals surface area contributed by atoms with Crippen molar-refractivity contribution in [1.29, 1.82) is 0 Å². The van der Waals surface area contributed by atoms with Gasteiger partial charge in [-0.25, -0.2) is 0 Å². The van der Waals surface area contributed by atoms with Crippen molar-refractivity contribution in [2.24, 2.45) is 0 Å². The first-order chi connectivity index (χ1) is 17.7. The van der Waals surface area contributed by atoms with Crippen LogP contribution < -0.4 is 10.4 Å². The van der Waals surface area contributed by atoms with Crippen LogP contribution in [0, 0.1) is 0 Å². The largest absolute Gasteiger partial charge is 0.373 e. The predicted molar refractivity (Wildman–Crippen MR) is 190 cm³/mol. The first-order valence-corrected chi connectivity index (χ1v) is 23.3. The Morgan fingerprint density at radius 2 is 0.868 bits per heavy atom. The molecule has 0 atom stereocenters. The molecule has 0 aliphatic heterocycles. The van der Waals surface area contributed by atoms with Crippen LogP contribution in [0.1, 0.15) is 0 Å². The molecule has 192 valence electrons. The summed E-state index contributed by atoms with van der Waals surface area (Å²) in [6.45, 7) is 0. The third-order valence-electron chi connectivity index (χ3n) is 7.32. The van der Waals surface area contributed by atoms with Crippen molar-refractivity contribution in [3.63, 3.8) is 0 Å². The van der Waals surface area contributed by atoms with E-state index in [0.29, 0.717) is 40.9 Å². The fourth-order valence-electron chi connectivity index (χ4n) is 6.03. The number of thiol groups is 4. The van der Waals surface area contributed by atoms with Crippen LogP contribution in [0.25, 0.3) is 64.6 Å². The number of benzene rings is 7. The summed E-state index contributed by atoms with van der Waals surface area (Å²) in [4.78, 5) is 2.43.